The lowest BCUT2D eigenvalue weighted by molar-refractivity contribution is -0.120. The SMILES string of the molecule is CCCNC(=O)CNC(=O)Nc1ccccc1SCC(F)(F)F. The van der Waals surface area contributed by atoms with Crippen molar-refractivity contribution in [1.29, 1.82) is 0 Å². The van der Waals surface area contributed by atoms with E-state index in [9.17, 15) is 22.8 Å². The van der Waals surface area contributed by atoms with Crippen LogP contribution in [0.15, 0.2) is 29.2 Å². The maximum atomic E-state index is 12.3. The van der Waals surface area contributed by atoms with Crippen molar-refractivity contribution < 1.29 is 22.8 Å². The first-order valence-corrected chi connectivity index (χ1v) is 7.90. The van der Waals surface area contributed by atoms with Gasteiger partial charge in [-0.1, -0.05) is 19.1 Å². The Hall–Kier alpha value is -1.90. The monoisotopic (exact) mass is 349 g/mol. The summed E-state index contributed by atoms with van der Waals surface area (Å²) >= 11 is 0.585. The molecular formula is C14H18F3N3O2S. The van der Waals surface area contributed by atoms with Gasteiger partial charge in [-0.3, -0.25) is 4.79 Å². The zero-order valence-corrected chi connectivity index (χ0v) is 13.3. The van der Waals surface area contributed by atoms with Crippen molar-refractivity contribution in [2.45, 2.75) is 24.4 Å². The van der Waals surface area contributed by atoms with Crippen LogP contribution in [0.25, 0.3) is 0 Å². The predicted molar refractivity (Wildman–Crippen MR) is 83.5 cm³/mol. The maximum Gasteiger partial charge on any atom is 0.398 e. The van der Waals surface area contributed by atoms with Gasteiger partial charge in [0.05, 0.1) is 18.0 Å². The van der Waals surface area contributed by atoms with E-state index in [1.54, 1.807) is 12.1 Å². The molecule has 0 aliphatic heterocycles. The van der Waals surface area contributed by atoms with Crippen LogP contribution in [0.4, 0.5) is 23.7 Å². The number of para-hydroxylation sites is 1. The number of hydrogen-bond acceptors (Lipinski definition) is 3. The Kier molecular flexibility index (Phi) is 7.73. The van der Waals surface area contributed by atoms with Gasteiger partial charge in [-0.2, -0.15) is 13.2 Å². The summed E-state index contributed by atoms with van der Waals surface area (Å²) in [5.74, 6) is -1.38. The summed E-state index contributed by atoms with van der Waals surface area (Å²) in [7, 11) is 0. The van der Waals surface area contributed by atoms with Crippen LogP contribution >= 0.6 is 11.8 Å². The maximum absolute atomic E-state index is 12.3. The Bertz CT molecular complexity index is 538. The lowest BCUT2D eigenvalue weighted by atomic mass is 10.3. The Morgan fingerprint density at radius 3 is 2.52 bits per heavy atom. The van der Waals surface area contributed by atoms with Gasteiger partial charge in [0.25, 0.3) is 0 Å². The normalized spacial score (nSPS) is 11.0. The van der Waals surface area contributed by atoms with E-state index in [-0.39, 0.29) is 18.1 Å². The van der Waals surface area contributed by atoms with Gasteiger partial charge in [0, 0.05) is 11.4 Å². The first-order chi connectivity index (χ1) is 10.8. The van der Waals surface area contributed by atoms with Crippen LogP contribution in [-0.2, 0) is 4.79 Å². The molecule has 0 aliphatic rings. The van der Waals surface area contributed by atoms with Gasteiger partial charge in [0.2, 0.25) is 5.91 Å². The molecule has 128 valence electrons. The molecule has 0 atom stereocenters. The molecule has 0 bridgehead atoms. The number of carbonyl (C=O) groups excluding carboxylic acids is 2. The Morgan fingerprint density at radius 1 is 1.17 bits per heavy atom. The van der Waals surface area contributed by atoms with Crippen molar-refractivity contribution in [3.05, 3.63) is 24.3 Å². The molecule has 0 aromatic heterocycles. The molecule has 0 spiro atoms. The molecule has 0 aliphatic carbocycles. The molecule has 0 saturated heterocycles. The van der Waals surface area contributed by atoms with Crippen LogP contribution < -0.4 is 16.0 Å². The third kappa shape index (κ3) is 8.34. The van der Waals surface area contributed by atoms with E-state index in [0.717, 1.165) is 6.42 Å². The van der Waals surface area contributed by atoms with E-state index >= 15 is 0 Å². The number of rotatable bonds is 7. The molecule has 0 fully saturated rings. The number of benzene rings is 1. The smallest absolute Gasteiger partial charge is 0.355 e. The zero-order chi connectivity index (χ0) is 17.3. The standard InChI is InChI=1S/C14H18F3N3O2S/c1-2-7-18-12(21)8-19-13(22)20-10-5-3-4-6-11(10)23-9-14(15,16)17/h3-6H,2,7-9H2,1H3,(H,18,21)(H2,19,20,22). The summed E-state index contributed by atoms with van der Waals surface area (Å²) in [5.41, 5.74) is 0.258. The summed E-state index contributed by atoms with van der Waals surface area (Å²) in [6.07, 6.45) is -3.51. The fourth-order valence-corrected chi connectivity index (χ4v) is 2.28. The van der Waals surface area contributed by atoms with E-state index in [2.05, 4.69) is 16.0 Å². The van der Waals surface area contributed by atoms with Crippen LogP contribution in [0.5, 0.6) is 0 Å². The third-order valence-electron chi connectivity index (χ3n) is 2.51. The van der Waals surface area contributed by atoms with E-state index in [1.807, 2.05) is 6.92 Å². The van der Waals surface area contributed by atoms with Crippen LogP contribution in [0.3, 0.4) is 0 Å². The van der Waals surface area contributed by atoms with Crippen molar-refractivity contribution in [3.8, 4) is 0 Å². The highest BCUT2D eigenvalue weighted by Gasteiger charge is 2.27. The first kappa shape index (κ1) is 19.1. The topological polar surface area (TPSA) is 70.2 Å². The van der Waals surface area contributed by atoms with E-state index in [1.165, 1.54) is 12.1 Å². The number of carbonyl (C=O) groups is 2. The largest absolute Gasteiger partial charge is 0.398 e. The molecule has 0 unspecified atom stereocenters. The van der Waals surface area contributed by atoms with Gasteiger partial charge < -0.3 is 16.0 Å². The van der Waals surface area contributed by atoms with Crippen LogP contribution in [0, 0.1) is 0 Å². The summed E-state index contributed by atoms with van der Waals surface area (Å²) < 4.78 is 36.8. The number of thioether (sulfide) groups is 1. The Labute approximate surface area is 136 Å². The van der Waals surface area contributed by atoms with Gasteiger partial charge in [-0.05, 0) is 18.6 Å². The highest BCUT2D eigenvalue weighted by molar-refractivity contribution is 7.99. The number of alkyl halides is 3. The minimum atomic E-state index is -4.29. The molecule has 0 heterocycles. The fraction of sp³-hybridized carbons (Fsp3) is 0.429. The van der Waals surface area contributed by atoms with E-state index in [0.29, 0.717) is 23.2 Å². The third-order valence-corrected chi connectivity index (χ3v) is 3.65. The molecule has 3 N–H and O–H groups in total. The van der Waals surface area contributed by atoms with Gasteiger partial charge in [-0.25, -0.2) is 4.79 Å². The van der Waals surface area contributed by atoms with E-state index < -0.39 is 18.0 Å². The molecule has 0 saturated carbocycles. The summed E-state index contributed by atoms with van der Waals surface area (Å²) in [4.78, 5) is 23.4. The molecule has 3 amide bonds. The van der Waals surface area contributed by atoms with Gasteiger partial charge >= 0.3 is 12.2 Å². The highest BCUT2D eigenvalue weighted by Crippen LogP contribution is 2.31. The van der Waals surface area contributed by atoms with Crippen LogP contribution in [0.2, 0.25) is 0 Å². The quantitative estimate of drug-likeness (QED) is 0.663. The van der Waals surface area contributed by atoms with Crippen LogP contribution in [-0.4, -0.2) is 37.0 Å². The first-order valence-electron chi connectivity index (χ1n) is 6.92. The molecule has 0 radical (unpaired) electrons. The molecule has 1 aromatic rings. The average Bonchev–Trinajstić information content (AvgIpc) is 2.49. The molecule has 9 heteroatoms. The predicted octanol–water partition coefficient (Wildman–Crippen LogP) is 2.99. The van der Waals surface area contributed by atoms with Crippen molar-refractivity contribution in [3.63, 3.8) is 0 Å². The molecule has 5 nitrogen and oxygen atoms in total. The van der Waals surface area contributed by atoms with Crippen molar-refractivity contribution in [2.24, 2.45) is 0 Å². The highest BCUT2D eigenvalue weighted by atomic mass is 32.2. The average molecular weight is 349 g/mol. The number of amides is 3. The molecule has 23 heavy (non-hydrogen) atoms. The second-order valence-corrected chi connectivity index (χ2v) is 5.57. The molecule has 1 aromatic carbocycles. The minimum absolute atomic E-state index is 0.205. The number of anilines is 1. The Morgan fingerprint density at radius 2 is 1.87 bits per heavy atom. The number of halogens is 3. The van der Waals surface area contributed by atoms with Gasteiger partial charge in [0.1, 0.15) is 0 Å². The fourth-order valence-electron chi connectivity index (χ4n) is 1.51. The van der Waals surface area contributed by atoms with Crippen LogP contribution in [0.1, 0.15) is 13.3 Å². The Balaban J connectivity index is 2.53. The molecule has 1 rings (SSSR count). The molecular weight excluding hydrogens is 331 g/mol. The minimum Gasteiger partial charge on any atom is -0.355 e. The van der Waals surface area contributed by atoms with Crippen molar-refractivity contribution in [2.75, 3.05) is 24.2 Å². The number of urea groups is 1. The van der Waals surface area contributed by atoms with E-state index in [4.69, 9.17) is 0 Å². The van der Waals surface area contributed by atoms with Gasteiger partial charge in [0.15, 0.2) is 0 Å². The lowest BCUT2D eigenvalue weighted by Crippen LogP contribution is -2.39. The van der Waals surface area contributed by atoms with Crippen molar-refractivity contribution >= 4 is 29.4 Å². The number of hydrogen-bond donors (Lipinski definition) is 3. The second-order valence-electron chi connectivity index (χ2n) is 4.56. The zero-order valence-electron chi connectivity index (χ0n) is 12.5. The number of nitrogens with one attached hydrogen (secondary N) is 3. The summed E-state index contributed by atoms with van der Waals surface area (Å²) in [6.45, 7) is 2.21. The second kappa shape index (κ2) is 9.29. The summed E-state index contributed by atoms with van der Waals surface area (Å²) in [5, 5.41) is 7.38. The lowest BCUT2D eigenvalue weighted by Gasteiger charge is -2.12. The van der Waals surface area contributed by atoms with Gasteiger partial charge in [-0.15, -0.1) is 11.8 Å². The van der Waals surface area contributed by atoms with Crippen molar-refractivity contribution in [1.82, 2.24) is 10.6 Å². The summed E-state index contributed by atoms with van der Waals surface area (Å²) in [6, 6.07) is 5.51.